The van der Waals surface area contributed by atoms with Crippen LogP contribution in [0.25, 0.3) is 0 Å². The lowest BCUT2D eigenvalue weighted by Gasteiger charge is -2.39. The normalized spacial score (nSPS) is 17.0. The Hall–Kier alpha value is -1.84. The van der Waals surface area contributed by atoms with Crippen molar-refractivity contribution in [3.05, 3.63) is 35.4 Å². The highest BCUT2D eigenvalue weighted by molar-refractivity contribution is 5.99. The summed E-state index contributed by atoms with van der Waals surface area (Å²) in [4.78, 5) is 25.5. The molecule has 1 aromatic rings. The van der Waals surface area contributed by atoms with E-state index in [4.69, 9.17) is 0 Å². The summed E-state index contributed by atoms with van der Waals surface area (Å²) in [5.74, 6) is -1.12. The molecule has 1 aliphatic heterocycles. The van der Waals surface area contributed by atoms with E-state index < -0.39 is 17.4 Å². The van der Waals surface area contributed by atoms with Gasteiger partial charge in [0.25, 0.3) is 5.91 Å². The predicted molar refractivity (Wildman–Crippen MR) is 72.1 cm³/mol. The number of fused-ring (bicyclic) bond motifs is 1. The van der Waals surface area contributed by atoms with Gasteiger partial charge in [-0.25, -0.2) is 4.79 Å². The molecule has 1 heterocycles. The van der Waals surface area contributed by atoms with Crippen molar-refractivity contribution in [1.29, 1.82) is 0 Å². The van der Waals surface area contributed by atoms with E-state index in [1.807, 2.05) is 39.0 Å². The first-order valence-electron chi connectivity index (χ1n) is 6.44. The van der Waals surface area contributed by atoms with Crippen molar-refractivity contribution >= 4 is 11.9 Å². The summed E-state index contributed by atoms with van der Waals surface area (Å²) in [7, 11) is 0. The number of carboxylic acid groups (broad SMARTS) is 1. The van der Waals surface area contributed by atoms with E-state index in [1.54, 1.807) is 6.07 Å². The van der Waals surface area contributed by atoms with Crippen molar-refractivity contribution in [2.75, 3.05) is 6.54 Å². The van der Waals surface area contributed by atoms with Crippen LogP contribution in [0.1, 0.15) is 36.7 Å². The van der Waals surface area contributed by atoms with Gasteiger partial charge in [-0.05, 0) is 23.5 Å². The van der Waals surface area contributed by atoms with E-state index in [9.17, 15) is 14.7 Å². The zero-order chi connectivity index (χ0) is 14.2. The van der Waals surface area contributed by atoms with E-state index in [1.165, 1.54) is 4.90 Å². The number of aliphatic carboxylic acids is 1. The van der Waals surface area contributed by atoms with Gasteiger partial charge in [-0.15, -0.1) is 0 Å². The highest BCUT2D eigenvalue weighted by Crippen LogP contribution is 2.29. The molecule has 1 N–H and O–H groups in total. The lowest BCUT2D eigenvalue weighted by Crippen LogP contribution is -2.54. The Morgan fingerprint density at radius 3 is 2.53 bits per heavy atom. The minimum atomic E-state index is -0.944. The van der Waals surface area contributed by atoms with Crippen molar-refractivity contribution in [2.45, 2.75) is 33.2 Å². The van der Waals surface area contributed by atoms with Crippen LogP contribution in [0.3, 0.4) is 0 Å². The van der Waals surface area contributed by atoms with Gasteiger partial charge < -0.3 is 10.0 Å². The van der Waals surface area contributed by atoms with Crippen LogP contribution in [0.5, 0.6) is 0 Å². The summed E-state index contributed by atoms with van der Waals surface area (Å²) >= 11 is 0. The Kier molecular flexibility index (Phi) is 3.35. The molecule has 1 amide bonds. The van der Waals surface area contributed by atoms with E-state index in [2.05, 4.69) is 0 Å². The molecule has 0 spiro atoms. The van der Waals surface area contributed by atoms with E-state index in [-0.39, 0.29) is 5.91 Å². The average molecular weight is 261 g/mol. The maximum Gasteiger partial charge on any atom is 0.326 e. The number of nitrogens with zero attached hydrogens (tertiary/aromatic N) is 1. The van der Waals surface area contributed by atoms with Crippen molar-refractivity contribution in [1.82, 2.24) is 4.90 Å². The first-order chi connectivity index (χ1) is 8.82. The fraction of sp³-hybridized carbons (Fsp3) is 0.467. The Morgan fingerprint density at radius 1 is 1.32 bits per heavy atom. The second-order valence-corrected chi connectivity index (χ2v) is 6.01. The molecule has 0 saturated heterocycles. The minimum absolute atomic E-state index is 0.177. The monoisotopic (exact) mass is 261 g/mol. The molecule has 19 heavy (non-hydrogen) atoms. The number of carbonyl (C=O) groups is 2. The molecule has 0 fully saturated rings. The molecule has 0 aromatic heterocycles. The average Bonchev–Trinajstić information content (AvgIpc) is 2.31. The Morgan fingerprint density at radius 2 is 1.95 bits per heavy atom. The molecule has 1 unspecified atom stereocenters. The van der Waals surface area contributed by atoms with Gasteiger partial charge in [-0.2, -0.15) is 0 Å². The quantitative estimate of drug-likeness (QED) is 0.887. The molecule has 1 aromatic carbocycles. The fourth-order valence-electron chi connectivity index (χ4n) is 2.66. The van der Waals surface area contributed by atoms with Crippen molar-refractivity contribution in [3.8, 4) is 0 Å². The lowest BCUT2D eigenvalue weighted by atomic mass is 9.84. The maximum absolute atomic E-state index is 12.5. The number of carboxylic acids is 1. The van der Waals surface area contributed by atoms with Gasteiger partial charge >= 0.3 is 5.97 Å². The first-order valence-corrected chi connectivity index (χ1v) is 6.44. The van der Waals surface area contributed by atoms with Crippen LogP contribution in [0, 0.1) is 5.41 Å². The molecule has 0 saturated carbocycles. The van der Waals surface area contributed by atoms with Gasteiger partial charge in [0.15, 0.2) is 0 Å². The van der Waals surface area contributed by atoms with Crippen LogP contribution >= 0.6 is 0 Å². The van der Waals surface area contributed by atoms with E-state index >= 15 is 0 Å². The summed E-state index contributed by atoms with van der Waals surface area (Å²) in [5, 5.41) is 9.43. The smallest absolute Gasteiger partial charge is 0.326 e. The zero-order valence-electron chi connectivity index (χ0n) is 11.5. The number of amides is 1. The van der Waals surface area contributed by atoms with Gasteiger partial charge in [0, 0.05) is 12.1 Å². The molecule has 4 heteroatoms. The van der Waals surface area contributed by atoms with Crippen LogP contribution in [0.2, 0.25) is 0 Å². The SMILES string of the molecule is CC(C)(C)C(C(=O)O)N1CCc2ccccc2C1=O. The number of hydrogen-bond donors (Lipinski definition) is 1. The molecule has 102 valence electrons. The lowest BCUT2D eigenvalue weighted by molar-refractivity contribution is -0.146. The van der Waals surface area contributed by atoms with E-state index in [0.29, 0.717) is 18.5 Å². The summed E-state index contributed by atoms with van der Waals surface area (Å²) in [6.07, 6.45) is 0.710. The first kappa shape index (κ1) is 13.6. The number of benzene rings is 1. The molecular weight excluding hydrogens is 242 g/mol. The highest BCUT2D eigenvalue weighted by atomic mass is 16.4. The second-order valence-electron chi connectivity index (χ2n) is 6.01. The molecule has 2 rings (SSSR count). The maximum atomic E-state index is 12.5. The highest BCUT2D eigenvalue weighted by Gasteiger charge is 2.41. The van der Waals surface area contributed by atoms with Gasteiger partial charge in [-0.3, -0.25) is 4.79 Å². The fourth-order valence-corrected chi connectivity index (χ4v) is 2.66. The molecule has 0 bridgehead atoms. The third kappa shape index (κ3) is 2.48. The van der Waals surface area contributed by atoms with Gasteiger partial charge in [0.1, 0.15) is 6.04 Å². The molecule has 1 atom stereocenters. The van der Waals surface area contributed by atoms with Crippen molar-refractivity contribution in [3.63, 3.8) is 0 Å². The van der Waals surface area contributed by atoms with E-state index in [0.717, 1.165) is 5.56 Å². The van der Waals surface area contributed by atoms with Crippen LogP contribution in [-0.2, 0) is 11.2 Å². The Labute approximate surface area is 113 Å². The predicted octanol–water partition coefficient (Wildman–Crippen LogP) is 2.18. The zero-order valence-corrected chi connectivity index (χ0v) is 11.5. The van der Waals surface area contributed by atoms with Gasteiger partial charge in [0.05, 0.1) is 0 Å². The number of carbonyl (C=O) groups excluding carboxylic acids is 1. The second kappa shape index (κ2) is 4.68. The van der Waals surface area contributed by atoms with Gasteiger partial charge in [0.2, 0.25) is 0 Å². The van der Waals surface area contributed by atoms with Crippen molar-refractivity contribution < 1.29 is 14.7 Å². The molecule has 0 radical (unpaired) electrons. The number of rotatable bonds is 2. The summed E-state index contributed by atoms with van der Waals surface area (Å²) < 4.78 is 0. The topological polar surface area (TPSA) is 57.6 Å². The van der Waals surface area contributed by atoms with Crippen molar-refractivity contribution in [2.24, 2.45) is 5.41 Å². The third-order valence-electron chi connectivity index (χ3n) is 3.50. The molecular formula is C15H19NO3. The molecule has 4 nitrogen and oxygen atoms in total. The largest absolute Gasteiger partial charge is 0.480 e. The van der Waals surface area contributed by atoms with Gasteiger partial charge in [-0.1, -0.05) is 39.0 Å². The van der Waals surface area contributed by atoms with Crippen LogP contribution in [0.4, 0.5) is 0 Å². The molecule has 0 aliphatic carbocycles. The van der Waals surface area contributed by atoms with Crippen LogP contribution in [0.15, 0.2) is 24.3 Å². The standard InChI is InChI=1S/C15H19NO3/c1-15(2,3)12(14(18)19)16-9-8-10-6-4-5-7-11(10)13(16)17/h4-7,12H,8-9H2,1-3H3,(H,18,19). The van der Waals surface area contributed by atoms with Crippen LogP contribution in [-0.4, -0.2) is 34.5 Å². The third-order valence-corrected chi connectivity index (χ3v) is 3.50. The summed E-state index contributed by atoms with van der Waals surface area (Å²) in [6, 6.07) is 6.62. The summed E-state index contributed by atoms with van der Waals surface area (Å²) in [5.41, 5.74) is 1.14. The minimum Gasteiger partial charge on any atom is -0.480 e. The Bertz CT molecular complexity index is 516. The molecule has 1 aliphatic rings. The summed E-state index contributed by atoms with van der Waals surface area (Å²) in [6.45, 7) is 6.00. The van der Waals surface area contributed by atoms with Crippen LogP contribution < -0.4 is 0 Å². The Balaban J connectivity index is 2.38. The number of hydrogen-bond acceptors (Lipinski definition) is 2.